The van der Waals surface area contributed by atoms with Crippen molar-refractivity contribution in [3.8, 4) is 0 Å². The zero-order valence-corrected chi connectivity index (χ0v) is 46.7. The molecule has 1 saturated heterocycles. The second kappa shape index (κ2) is 30.9. The molecule has 3 aliphatic rings. The lowest BCUT2D eigenvalue weighted by Crippen LogP contribution is -2.70. The SMILES string of the molecule is C=C(C(=O)OCC(C)C)C(F)(F)F.C=C(C)C(=O)OC(C(F)(F)F)C(F)(F)F.C=C(C)C(=O)OC(C)CC(O)(C(F)(F)F)C(F)(F)F.C=C(C)C(=O)OCCN1CCOCC1.CC1(C(=O)OC(C)(C)C(O)(C(F)(F)F)C(F)(F)F)CC2C=CC1C2. The Kier molecular flexibility index (Phi) is 29.6. The van der Waals surface area contributed by atoms with Gasteiger partial charge in [-0.1, -0.05) is 52.3 Å². The third-order valence-corrected chi connectivity index (χ3v) is 11.8. The molecule has 14 nitrogen and oxygen atoms in total. The molecular formula is C50H64F21NO13. The number of nitrogens with zero attached hydrogens (tertiary/aromatic N) is 1. The number of halogens is 21. The van der Waals surface area contributed by atoms with E-state index in [0.29, 0.717) is 38.9 Å². The Bertz CT molecular complexity index is 2280. The highest BCUT2D eigenvalue weighted by molar-refractivity contribution is 5.89. The molecule has 1 aliphatic heterocycles. The maximum absolute atomic E-state index is 13.0. The van der Waals surface area contributed by atoms with E-state index in [4.69, 9.17) is 14.6 Å². The van der Waals surface area contributed by atoms with Crippen molar-refractivity contribution >= 4 is 29.8 Å². The van der Waals surface area contributed by atoms with Gasteiger partial charge in [-0.2, -0.15) is 92.2 Å². The fraction of sp³-hybridized carbons (Fsp3) is 0.700. The lowest BCUT2D eigenvalue weighted by atomic mass is 9.77. The van der Waals surface area contributed by atoms with Crippen molar-refractivity contribution in [1.29, 1.82) is 0 Å². The number of carbonyl (C=O) groups excluding carboxylic acids is 5. The van der Waals surface area contributed by atoms with Gasteiger partial charge in [0, 0.05) is 42.8 Å². The number of alkyl halides is 21. The van der Waals surface area contributed by atoms with E-state index >= 15 is 0 Å². The van der Waals surface area contributed by atoms with E-state index in [1.807, 2.05) is 6.08 Å². The molecule has 4 unspecified atom stereocenters. The van der Waals surface area contributed by atoms with Crippen molar-refractivity contribution in [2.75, 3.05) is 46.1 Å². The van der Waals surface area contributed by atoms with Crippen LogP contribution in [0.2, 0.25) is 0 Å². The summed E-state index contributed by atoms with van der Waals surface area (Å²) in [5.74, 6) is -6.00. The van der Waals surface area contributed by atoms with E-state index in [2.05, 4.69) is 50.2 Å². The molecule has 494 valence electrons. The minimum Gasteiger partial charge on any atom is -0.462 e. The summed E-state index contributed by atoms with van der Waals surface area (Å²) in [5, 5.41) is 18.3. The van der Waals surface area contributed by atoms with Crippen LogP contribution in [0.15, 0.2) is 60.8 Å². The number of aliphatic hydroxyl groups is 2. The molecule has 4 atom stereocenters. The number of ether oxygens (including phenoxy) is 6. The molecule has 3 rings (SSSR count). The monoisotopic (exact) mass is 1290 g/mol. The first-order valence-corrected chi connectivity index (χ1v) is 24.2. The summed E-state index contributed by atoms with van der Waals surface area (Å²) in [6, 6.07) is 0. The Morgan fingerprint density at radius 3 is 1.39 bits per heavy atom. The Morgan fingerprint density at radius 1 is 0.635 bits per heavy atom. The van der Waals surface area contributed by atoms with Gasteiger partial charge in [0.05, 0.1) is 25.2 Å². The van der Waals surface area contributed by atoms with Crippen LogP contribution < -0.4 is 0 Å². The van der Waals surface area contributed by atoms with Gasteiger partial charge in [0.15, 0.2) is 5.60 Å². The van der Waals surface area contributed by atoms with Crippen molar-refractivity contribution < 1.29 is 155 Å². The van der Waals surface area contributed by atoms with Crippen LogP contribution in [0.4, 0.5) is 92.2 Å². The van der Waals surface area contributed by atoms with E-state index in [9.17, 15) is 121 Å². The minimum absolute atomic E-state index is 0.00461. The van der Waals surface area contributed by atoms with Crippen molar-refractivity contribution in [1.82, 2.24) is 4.90 Å². The molecular weight excluding hydrogens is 1220 g/mol. The van der Waals surface area contributed by atoms with Gasteiger partial charge < -0.3 is 38.6 Å². The molecule has 35 heteroatoms. The fourth-order valence-corrected chi connectivity index (χ4v) is 6.92. The minimum atomic E-state index is -6.06. The number of allylic oxidation sites excluding steroid dienone is 2. The van der Waals surface area contributed by atoms with Crippen molar-refractivity contribution in [3.05, 3.63) is 60.8 Å². The van der Waals surface area contributed by atoms with E-state index < -0.39 is 119 Å². The smallest absolute Gasteiger partial charge is 0.434 e. The molecule has 0 radical (unpaired) electrons. The molecule has 2 aliphatic carbocycles. The standard InChI is InChI=1S/C15H18F6O3.C10H12F6O3.C10H17NO3.C8H11F3O2.C7H6F6O2/c1-11(2,13(23,14(16,17)18)15(19,20)21)24-10(22)12(3)7-8-4-5-9(12)6-8;1-5(2)7(17)19-6(3)4-8(18,9(11,12)13)10(14,15)16;1-9(2)10(12)14-8-5-11-3-6-13-7-4-11;1-5(2)4-13-7(12)6(3)8(9,10)11;1-3(2)4(14)15-5(6(8,9)10)7(11,12)13/h4-5,8-9,23H,6-7H2,1-3H3;6,18H,1,4H2,2-3H3;1,3-8H2,2H3;5H,3-4H2,1-2H3;5H,1H2,2H3. The van der Waals surface area contributed by atoms with Gasteiger partial charge in [0.25, 0.3) is 17.3 Å². The zero-order chi connectivity index (χ0) is 67.9. The maximum Gasteiger partial charge on any atom is 0.434 e. The molecule has 2 N–H and O–H groups in total. The summed E-state index contributed by atoms with van der Waals surface area (Å²) in [4.78, 5) is 57.8. The van der Waals surface area contributed by atoms with Gasteiger partial charge in [-0.15, -0.1) is 0 Å². The number of morpholine rings is 1. The van der Waals surface area contributed by atoms with Gasteiger partial charge in [-0.3, -0.25) is 9.69 Å². The number of hydrogen-bond acceptors (Lipinski definition) is 14. The number of esters is 5. The van der Waals surface area contributed by atoms with Gasteiger partial charge in [0.1, 0.15) is 18.3 Å². The molecule has 0 spiro atoms. The highest BCUT2D eigenvalue weighted by atomic mass is 19.4. The molecule has 0 aromatic carbocycles. The van der Waals surface area contributed by atoms with E-state index in [0.717, 1.165) is 46.7 Å². The van der Waals surface area contributed by atoms with Crippen LogP contribution >= 0.6 is 0 Å². The van der Waals surface area contributed by atoms with E-state index in [1.165, 1.54) is 13.8 Å². The van der Waals surface area contributed by atoms with Crippen LogP contribution in [-0.2, 0) is 52.4 Å². The predicted octanol–water partition coefficient (Wildman–Crippen LogP) is 11.8. The zero-order valence-electron chi connectivity index (χ0n) is 46.7. The van der Waals surface area contributed by atoms with Crippen LogP contribution in [0.3, 0.4) is 0 Å². The van der Waals surface area contributed by atoms with Gasteiger partial charge >= 0.3 is 73.1 Å². The molecule has 0 amide bonds. The van der Waals surface area contributed by atoms with Crippen LogP contribution in [0.1, 0.15) is 81.6 Å². The topological polar surface area (TPSA) is 184 Å². The molecule has 85 heavy (non-hydrogen) atoms. The number of hydrogen-bond donors (Lipinski definition) is 2. The summed E-state index contributed by atoms with van der Waals surface area (Å²) in [5.41, 5.74) is -16.3. The third-order valence-electron chi connectivity index (χ3n) is 11.8. The molecule has 2 fully saturated rings. The fourth-order valence-electron chi connectivity index (χ4n) is 6.92. The van der Waals surface area contributed by atoms with Crippen LogP contribution in [0, 0.1) is 23.2 Å². The first-order chi connectivity index (χ1) is 37.7. The van der Waals surface area contributed by atoms with E-state index in [-0.39, 0.29) is 35.9 Å². The Hall–Kier alpha value is -5.58. The average molecular weight is 1290 g/mol. The third kappa shape index (κ3) is 24.6. The Balaban J connectivity index is 0. The maximum atomic E-state index is 13.0. The van der Waals surface area contributed by atoms with Crippen LogP contribution in [-0.4, -0.2) is 163 Å². The second-order valence-corrected chi connectivity index (χ2v) is 20.3. The summed E-state index contributed by atoms with van der Waals surface area (Å²) in [6.07, 6.45) is -43.4. The molecule has 1 heterocycles. The number of fused-ring (bicyclic) bond motifs is 2. The highest BCUT2D eigenvalue weighted by Gasteiger charge is 2.79. The van der Waals surface area contributed by atoms with Gasteiger partial charge in [-0.05, 0) is 79.1 Å². The lowest BCUT2D eigenvalue weighted by Gasteiger charge is -2.44. The quantitative estimate of drug-likeness (QED) is 0.0489. The summed E-state index contributed by atoms with van der Waals surface area (Å²) in [6.45, 7) is 27.0. The summed E-state index contributed by atoms with van der Waals surface area (Å²) in [7, 11) is 0. The molecule has 0 aromatic rings. The summed E-state index contributed by atoms with van der Waals surface area (Å²) < 4.78 is 285. The lowest BCUT2D eigenvalue weighted by molar-refractivity contribution is -0.408. The van der Waals surface area contributed by atoms with Crippen molar-refractivity contribution in [3.63, 3.8) is 0 Å². The molecule has 0 aromatic heterocycles. The molecule has 2 bridgehead atoms. The first-order valence-electron chi connectivity index (χ1n) is 24.2. The van der Waals surface area contributed by atoms with Crippen molar-refractivity contribution in [2.45, 2.75) is 154 Å². The number of carbonyl (C=O) groups is 5. The van der Waals surface area contributed by atoms with Gasteiger partial charge in [-0.25, -0.2) is 19.2 Å². The van der Waals surface area contributed by atoms with Crippen molar-refractivity contribution in [2.24, 2.45) is 23.2 Å². The Morgan fingerprint density at radius 2 is 1.06 bits per heavy atom. The molecule has 1 saturated carbocycles. The average Bonchev–Trinajstić information content (AvgIpc) is 3.93. The number of rotatable bonds is 16. The predicted molar refractivity (Wildman–Crippen MR) is 254 cm³/mol. The Labute approximate surface area is 472 Å². The first kappa shape index (κ1) is 81.5. The van der Waals surface area contributed by atoms with Gasteiger partial charge in [0.2, 0.25) is 0 Å². The summed E-state index contributed by atoms with van der Waals surface area (Å²) >= 11 is 0. The second-order valence-electron chi connectivity index (χ2n) is 20.3. The van der Waals surface area contributed by atoms with Crippen LogP contribution in [0.5, 0.6) is 0 Å². The van der Waals surface area contributed by atoms with E-state index in [1.54, 1.807) is 26.8 Å². The largest absolute Gasteiger partial charge is 0.462 e. The van der Waals surface area contributed by atoms with Crippen LogP contribution in [0.25, 0.3) is 0 Å². The highest BCUT2D eigenvalue weighted by Crippen LogP contribution is 2.55. The normalized spacial score (nSPS) is 19.0.